The van der Waals surface area contributed by atoms with Crippen molar-refractivity contribution in [2.24, 2.45) is 0 Å². The van der Waals surface area contributed by atoms with Crippen LogP contribution in [0.2, 0.25) is 0 Å². The summed E-state index contributed by atoms with van der Waals surface area (Å²) in [5, 5.41) is 22.8. The molecule has 0 aliphatic carbocycles. The van der Waals surface area contributed by atoms with Crippen LogP contribution in [0.1, 0.15) is 52.8 Å². The summed E-state index contributed by atoms with van der Waals surface area (Å²) in [4.78, 5) is 55.6. The molecule has 2 heterocycles. The smallest absolute Gasteiger partial charge is 0.350 e. The summed E-state index contributed by atoms with van der Waals surface area (Å²) in [5.41, 5.74) is 0.204. The van der Waals surface area contributed by atoms with Gasteiger partial charge in [-0.05, 0) is 50.1 Å². The SMILES string of the molecule is CCCOc1ccc(/C(O)=C2\C(=O)C(=O)N(c3nc(C)c(C(=O)OCC)s3)C2c2cccc([N+](=O)[O-])c2)cc1. The number of esters is 1. The summed E-state index contributed by atoms with van der Waals surface area (Å²) in [6.07, 6.45) is 0.808. The summed E-state index contributed by atoms with van der Waals surface area (Å²) in [5.74, 6) is -2.53. The molecule has 0 saturated carbocycles. The maximum absolute atomic E-state index is 13.4. The Morgan fingerprint density at radius 2 is 1.90 bits per heavy atom. The summed E-state index contributed by atoms with van der Waals surface area (Å²) in [7, 11) is 0. The summed E-state index contributed by atoms with van der Waals surface area (Å²) in [6, 6.07) is 10.5. The van der Waals surface area contributed by atoms with Gasteiger partial charge >= 0.3 is 11.9 Å². The molecule has 202 valence electrons. The molecule has 1 unspecified atom stereocenters. The van der Waals surface area contributed by atoms with Gasteiger partial charge < -0.3 is 14.6 Å². The van der Waals surface area contributed by atoms with Gasteiger partial charge in [-0.15, -0.1) is 0 Å². The fraction of sp³-hybridized carbons (Fsp3) is 0.259. The van der Waals surface area contributed by atoms with E-state index in [0.29, 0.717) is 12.4 Å². The van der Waals surface area contributed by atoms with E-state index < -0.39 is 34.4 Å². The van der Waals surface area contributed by atoms with Gasteiger partial charge in [0.1, 0.15) is 16.4 Å². The predicted octanol–water partition coefficient (Wildman–Crippen LogP) is 4.95. The van der Waals surface area contributed by atoms with Crippen molar-refractivity contribution in [1.29, 1.82) is 0 Å². The molecule has 0 spiro atoms. The van der Waals surface area contributed by atoms with Crippen molar-refractivity contribution in [3.8, 4) is 5.75 Å². The number of amides is 1. The van der Waals surface area contributed by atoms with Crippen LogP contribution < -0.4 is 9.64 Å². The maximum Gasteiger partial charge on any atom is 0.350 e. The normalized spacial score (nSPS) is 16.4. The molecule has 1 fully saturated rings. The second-order valence-electron chi connectivity index (χ2n) is 8.53. The van der Waals surface area contributed by atoms with Gasteiger partial charge in [0.25, 0.3) is 11.5 Å². The summed E-state index contributed by atoms with van der Waals surface area (Å²) in [6.45, 7) is 5.81. The molecule has 39 heavy (non-hydrogen) atoms. The lowest BCUT2D eigenvalue weighted by molar-refractivity contribution is -0.384. The van der Waals surface area contributed by atoms with Crippen molar-refractivity contribution >= 4 is 45.6 Å². The lowest BCUT2D eigenvalue weighted by Crippen LogP contribution is -2.29. The molecule has 1 atom stereocenters. The number of anilines is 1. The van der Waals surface area contributed by atoms with Crippen molar-refractivity contribution in [3.63, 3.8) is 0 Å². The molecule has 1 aromatic heterocycles. The predicted molar refractivity (Wildman–Crippen MR) is 143 cm³/mol. The minimum atomic E-state index is -1.25. The number of rotatable bonds is 9. The van der Waals surface area contributed by atoms with Crippen LogP contribution >= 0.6 is 11.3 Å². The minimum absolute atomic E-state index is 0.0107. The summed E-state index contributed by atoms with van der Waals surface area (Å²) >= 11 is 0.851. The Labute approximate surface area is 227 Å². The van der Waals surface area contributed by atoms with E-state index in [0.717, 1.165) is 22.7 Å². The van der Waals surface area contributed by atoms with Gasteiger partial charge in [-0.25, -0.2) is 9.78 Å². The topological polar surface area (TPSA) is 149 Å². The Hall–Kier alpha value is -4.58. The maximum atomic E-state index is 13.4. The number of nitro groups is 1. The number of ketones is 1. The van der Waals surface area contributed by atoms with E-state index in [1.165, 1.54) is 24.3 Å². The number of carbonyl (C=O) groups is 3. The van der Waals surface area contributed by atoms with Crippen LogP contribution in [0.5, 0.6) is 5.75 Å². The highest BCUT2D eigenvalue weighted by Crippen LogP contribution is 2.44. The number of aromatic nitrogens is 1. The van der Waals surface area contributed by atoms with Crippen LogP contribution in [-0.4, -0.2) is 45.9 Å². The number of aliphatic hydroxyl groups is 1. The fourth-order valence-electron chi connectivity index (χ4n) is 4.11. The Morgan fingerprint density at radius 3 is 2.54 bits per heavy atom. The van der Waals surface area contributed by atoms with Gasteiger partial charge in [0.05, 0.1) is 35.4 Å². The molecule has 2 aromatic carbocycles. The first kappa shape index (κ1) is 27.5. The van der Waals surface area contributed by atoms with Gasteiger partial charge in [0, 0.05) is 17.7 Å². The first-order valence-electron chi connectivity index (χ1n) is 12.1. The molecule has 1 amide bonds. The number of hydrogen-bond donors (Lipinski definition) is 1. The van der Waals surface area contributed by atoms with Gasteiger partial charge in [0.15, 0.2) is 5.13 Å². The molecule has 0 bridgehead atoms. The number of nitro benzene ring substituents is 1. The zero-order valence-corrected chi connectivity index (χ0v) is 22.2. The third-order valence-corrected chi connectivity index (χ3v) is 7.03. The number of aliphatic hydroxyl groups excluding tert-OH is 1. The number of thiazole rings is 1. The molecule has 11 nitrogen and oxygen atoms in total. The average molecular weight is 552 g/mol. The van der Waals surface area contributed by atoms with Crippen LogP contribution in [0.3, 0.4) is 0 Å². The molecule has 1 saturated heterocycles. The van der Waals surface area contributed by atoms with Crippen LogP contribution in [0.15, 0.2) is 54.1 Å². The summed E-state index contributed by atoms with van der Waals surface area (Å²) < 4.78 is 10.6. The molecular formula is C27H25N3O8S. The van der Waals surface area contributed by atoms with E-state index in [1.807, 2.05) is 6.92 Å². The Balaban J connectivity index is 1.88. The number of nitrogens with zero attached hydrogens (tertiary/aromatic N) is 3. The highest BCUT2D eigenvalue weighted by molar-refractivity contribution is 7.17. The standard InChI is InChI=1S/C27H25N3O8S/c1-4-13-38-19-11-9-16(10-12-19)22(31)20-21(17-7-6-8-18(14-17)30(35)36)29(25(33)23(20)32)27-28-15(3)24(39-27)26(34)37-5-2/h6-12,14,21,31H,4-5,13H2,1-3H3/b22-20+. The second kappa shape index (κ2) is 11.4. The Morgan fingerprint density at radius 1 is 1.18 bits per heavy atom. The second-order valence-corrected chi connectivity index (χ2v) is 9.50. The van der Waals surface area contributed by atoms with Crippen LogP contribution in [0, 0.1) is 17.0 Å². The van der Waals surface area contributed by atoms with Crippen molar-refractivity contribution in [2.45, 2.75) is 33.2 Å². The van der Waals surface area contributed by atoms with Crippen molar-refractivity contribution in [3.05, 3.63) is 85.9 Å². The van der Waals surface area contributed by atoms with Gasteiger partial charge in [0.2, 0.25) is 0 Å². The van der Waals surface area contributed by atoms with E-state index in [2.05, 4.69) is 4.98 Å². The number of hydrogen-bond acceptors (Lipinski definition) is 10. The van der Waals surface area contributed by atoms with Gasteiger partial charge in [-0.3, -0.25) is 24.6 Å². The van der Waals surface area contributed by atoms with E-state index in [9.17, 15) is 29.6 Å². The van der Waals surface area contributed by atoms with Crippen molar-refractivity contribution < 1.29 is 33.9 Å². The largest absolute Gasteiger partial charge is 0.507 e. The molecule has 0 radical (unpaired) electrons. The van der Waals surface area contributed by atoms with Crippen molar-refractivity contribution in [1.82, 2.24) is 4.98 Å². The molecule has 12 heteroatoms. The minimum Gasteiger partial charge on any atom is -0.507 e. The number of Topliss-reactive ketones (excluding diaryl/α,β-unsaturated/α-hetero) is 1. The van der Waals surface area contributed by atoms with Crippen LogP contribution in [-0.2, 0) is 14.3 Å². The third kappa shape index (κ3) is 5.36. The highest BCUT2D eigenvalue weighted by Gasteiger charge is 2.48. The first-order chi connectivity index (χ1) is 18.7. The molecule has 1 N–H and O–H groups in total. The van der Waals surface area contributed by atoms with Crippen molar-refractivity contribution in [2.75, 3.05) is 18.1 Å². The molecule has 1 aliphatic heterocycles. The Kier molecular flexibility index (Phi) is 8.05. The number of carbonyl (C=O) groups excluding carboxylic acids is 3. The van der Waals surface area contributed by atoms with Gasteiger partial charge in [-0.2, -0.15) is 0 Å². The average Bonchev–Trinajstić information content (AvgIpc) is 3.44. The van der Waals surface area contributed by atoms with E-state index >= 15 is 0 Å². The Bertz CT molecular complexity index is 1480. The quantitative estimate of drug-likeness (QED) is 0.0973. The molecule has 1 aliphatic rings. The fourth-order valence-corrected chi connectivity index (χ4v) is 5.10. The van der Waals surface area contributed by atoms with Crippen LogP contribution in [0.4, 0.5) is 10.8 Å². The zero-order chi connectivity index (χ0) is 28.3. The highest BCUT2D eigenvalue weighted by atomic mass is 32.1. The molecular weight excluding hydrogens is 526 g/mol. The molecule has 4 rings (SSSR count). The zero-order valence-electron chi connectivity index (χ0n) is 21.4. The monoisotopic (exact) mass is 551 g/mol. The number of ether oxygens (including phenoxy) is 2. The molecule has 3 aromatic rings. The lowest BCUT2D eigenvalue weighted by atomic mass is 9.95. The van der Waals surface area contributed by atoms with Crippen LogP contribution in [0.25, 0.3) is 5.76 Å². The van der Waals surface area contributed by atoms with Gasteiger partial charge in [-0.1, -0.05) is 30.4 Å². The van der Waals surface area contributed by atoms with E-state index in [4.69, 9.17) is 9.47 Å². The number of aryl methyl sites for hydroxylation is 1. The number of benzene rings is 2. The van der Waals surface area contributed by atoms with E-state index in [1.54, 1.807) is 38.1 Å². The van der Waals surface area contributed by atoms with E-state index in [-0.39, 0.29) is 44.7 Å². The number of non-ortho nitro benzene ring substituents is 1. The third-order valence-electron chi connectivity index (χ3n) is 5.89. The lowest BCUT2D eigenvalue weighted by Gasteiger charge is -2.22. The first-order valence-corrected chi connectivity index (χ1v) is 12.9.